The van der Waals surface area contributed by atoms with Crippen LogP contribution in [-0.4, -0.2) is 38.0 Å². The molecule has 6 N–H and O–H groups in total. The molecule has 0 saturated carbocycles. The fourth-order valence-electron chi connectivity index (χ4n) is 3.52. The Kier molecular flexibility index (Phi) is 16.5. The molecule has 170 valence electrons. The third kappa shape index (κ3) is 17.9. The fourth-order valence-corrected chi connectivity index (χ4v) is 3.52. The molecule has 0 aliphatic carbocycles. The van der Waals surface area contributed by atoms with Crippen LogP contribution in [0.1, 0.15) is 129 Å². The molecule has 0 saturated heterocycles. The topological polar surface area (TPSA) is 107 Å². The molecular weight excluding hydrogens is 354 g/mol. The quantitative estimate of drug-likeness (QED) is 0.149. The van der Waals surface area contributed by atoms with E-state index in [1.165, 1.54) is 77.6 Å². The van der Waals surface area contributed by atoms with E-state index in [0.717, 1.165) is 25.7 Å². The van der Waals surface area contributed by atoms with Crippen molar-refractivity contribution >= 4 is 0 Å². The van der Waals surface area contributed by atoms with Crippen LogP contribution in [0.4, 0.5) is 0 Å². The smallest absolute Gasteiger partial charge is 0.175 e. The van der Waals surface area contributed by atoms with E-state index in [4.69, 9.17) is 5.73 Å². The first-order valence-corrected chi connectivity index (χ1v) is 11.8. The van der Waals surface area contributed by atoms with Crippen molar-refractivity contribution in [2.75, 3.05) is 0 Å². The number of hydrogen-bond acceptors (Lipinski definition) is 5. The molecule has 0 aromatic rings. The lowest BCUT2D eigenvalue weighted by Crippen LogP contribution is -2.45. The standard InChI is InChI=1S/C23H49NO4/c1-3-23(27,28)20-18-16-14-12-10-8-6-4-5-7-9-11-13-15-17-19-21(24)22(2,25)26/h21,25-28H,3-20,24H2,1-2H3. The Bertz CT molecular complexity index is 342. The molecule has 0 amide bonds. The zero-order valence-corrected chi connectivity index (χ0v) is 18.7. The Morgan fingerprint density at radius 3 is 1.25 bits per heavy atom. The summed E-state index contributed by atoms with van der Waals surface area (Å²) in [6.07, 6.45) is 19.9. The molecule has 0 rings (SSSR count). The number of unbranched alkanes of at least 4 members (excludes halogenated alkanes) is 14. The Balaban J connectivity index is 3.18. The van der Waals surface area contributed by atoms with Crippen molar-refractivity contribution in [2.24, 2.45) is 5.73 Å². The molecule has 0 aliphatic heterocycles. The van der Waals surface area contributed by atoms with Crippen LogP contribution < -0.4 is 5.73 Å². The summed E-state index contributed by atoms with van der Waals surface area (Å²) in [5.41, 5.74) is 5.71. The summed E-state index contributed by atoms with van der Waals surface area (Å²) in [5.74, 6) is -3.20. The van der Waals surface area contributed by atoms with E-state index in [-0.39, 0.29) is 0 Å². The summed E-state index contributed by atoms with van der Waals surface area (Å²) in [6, 6.07) is -0.547. The second-order valence-corrected chi connectivity index (χ2v) is 8.88. The molecule has 0 spiro atoms. The van der Waals surface area contributed by atoms with Crippen molar-refractivity contribution in [2.45, 2.75) is 147 Å². The summed E-state index contributed by atoms with van der Waals surface area (Å²) in [6.45, 7) is 3.16. The van der Waals surface area contributed by atoms with Crippen molar-refractivity contribution in [3.05, 3.63) is 0 Å². The van der Waals surface area contributed by atoms with E-state index in [9.17, 15) is 20.4 Å². The summed E-state index contributed by atoms with van der Waals surface area (Å²) in [5, 5.41) is 37.8. The van der Waals surface area contributed by atoms with Crippen LogP contribution in [0.3, 0.4) is 0 Å². The molecule has 28 heavy (non-hydrogen) atoms. The minimum atomic E-state index is -1.75. The highest BCUT2D eigenvalue weighted by Crippen LogP contribution is 2.18. The van der Waals surface area contributed by atoms with E-state index in [2.05, 4.69) is 0 Å². The van der Waals surface area contributed by atoms with Gasteiger partial charge in [0.15, 0.2) is 11.6 Å². The van der Waals surface area contributed by atoms with Crippen molar-refractivity contribution < 1.29 is 20.4 Å². The molecule has 0 aromatic carbocycles. The van der Waals surface area contributed by atoms with E-state index < -0.39 is 17.6 Å². The van der Waals surface area contributed by atoms with Gasteiger partial charge in [0.2, 0.25) is 0 Å². The molecule has 0 fully saturated rings. The van der Waals surface area contributed by atoms with Gasteiger partial charge in [0.05, 0.1) is 6.04 Å². The van der Waals surface area contributed by atoms with Gasteiger partial charge in [-0.25, -0.2) is 0 Å². The average Bonchev–Trinajstić information content (AvgIpc) is 2.63. The predicted molar refractivity (Wildman–Crippen MR) is 117 cm³/mol. The highest BCUT2D eigenvalue weighted by Gasteiger charge is 2.24. The van der Waals surface area contributed by atoms with Gasteiger partial charge in [0.25, 0.3) is 0 Å². The maximum Gasteiger partial charge on any atom is 0.175 e. The lowest BCUT2D eigenvalue weighted by Gasteiger charge is -2.23. The number of hydrogen-bond donors (Lipinski definition) is 5. The Labute approximate surface area is 173 Å². The van der Waals surface area contributed by atoms with Gasteiger partial charge in [0.1, 0.15) is 0 Å². The molecule has 1 unspecified atom stereocenters. The second-order valence-electron chi connectivity index (χ2n) is 8.88. The molecule has 5 heteroatoms. The number of nitrogens with two attached hydrogens (primary N) is 1. The van der Waals surface area contributed by atoms with E-state index >= 15 is 0 Å². The second kappa shape index (κ2) is 16.6. The normalized spacial score (nSPS) is 13.8. The zero-order valence-electron chi connectivity index (χ0n) is 18.7. The number of aliphatic hydroxyl groups is 4. The molecule has 0 heterocycles. The van der Waals surface area contributed by atoms with Gasteiger partial charge in [-0.15, -0.1) is 0 Å². The van der Waals surface area contributed by atoms with Gasteiger partial charge in [-0.3, -0.25) is 0 Å². The molecule has 1 atom stereocenters. The summed E-state index contributed by atoms with van der Waals surface area (Å²) >= 11 is 0. The van der Waals surface area contributed by atoms with Crippen molar-refractivity contribution in [1.82, 2.24) is 0 Å². The van der Waals surface area contributed by atoms with Crippen LogP contribution in [-0.2, 0) is 0 Å². The Morgan fingerprint density at radius 1 is 0.607 bits per heavy atom. The van der Waals surface area contributed by atoms with Gasteiger partial charge < -0.3 is 26.2 Å². The van der Waals surface area contributed by atoms with Gasteiger partial charge >= 0.3 is 0 Å². The van der Waals surface area contributed by atoms with E-state index in [1.54, 1.807) is 0 Å². The van der Waals surface area contributed by atoms with E-state index in [0.29, 0.717) is 19.3 Å². The molecule has 0 aromatic heterocycles. The van der Waals surface area contributed by atoms with Crippen LogP contribution in [0.5, 0.6) is 0 Å². The van der Waals surface area contributed by atoms with Crippen molar-refractivity contribution in [3.63, 3.8) is 0 Å². The Morgan fingerprint density at radius 2 is 0.929 bits per heavy atom. The van der Waals surface area contributed by atoms with Crippen LogP contribution in [0.25, 0.3) is 0 Å². The largest absolute Gasteiger partial charge is 0.366 e. The predicted octanol–water partition coefficient (Wildman–Crippen LogP) is 4.74. The Hall–Kier alpha value is -0.200. The van der Waals surface area contributed by atoms with Gasteiger partial charge in [-0.1, -0.05) is 96.8 Å². The number of rotatable bonds is 20. The average molecular weight is 404 g/mol. The van der Waals surface area contributed by atoms with Gasteiger partial charge in [-0.2, -0.15) is 0 Å². The SMILES string of the molecule is CCC(O)(O)CCCCCCCCCCCCCCCCCC(N)C(C)(O)O. The summed E-state index contributed by atoms with van der Waals surface area (Å²) in [7, 11) is 0. The zero-order chi connectivity index (χ0) is 21.3. The van der Waals surface area contributed by atoms with Gasteiger partial charge in [-0.05, 0) is 26.2 Å². The minimum absolute atomic E-state index is 0.413. The van der Waals surface area contributed by atoms with Crippen LogP contribution in [0.2, 0.25) is 0 Å². The summed E-state index contributed by atoms with van der Waals surface area (Å²) in [4.78, 5) is 0. The lowest BCUT2D eigenvalue weighted by atomic mass is 10.0. The van der Waals surface area contributed by atoms with E-state index in [1.807, 2.05) is 6.92 Å². The minimum Gasteiger partial charge on any atom is -0.366 e. The molecule has 0 bridgehead atoms. The first kappa shape index (κ1) is 27.8. The van der Waals surface area contributed by atoms with Gasteiger partial charge in [0, 0.05) is 6.42 Å². The molecule has 0 aliphatic rings. The molecule has 0 radical (unpaired) electrons. The molecule has 5 nitrogen and oxygen atoms in total. The third-order valence-corrected chi connectivity index (χ3v) is 5.86. The van der Waals surface area contributed by atoms with Crippen LogP contribution in [0, 0.1) is 0 Å². The van der Waals surface area contributed by atoms with Crippen LogP contribution >= 0.6 is 0 Å². The highest BCUT2D eigenvalue weighted by atomic mass is 16.5. The third-order valence-electron chi connectivity index (χ3n) is 5.86. The van der Waals surface area contributed by atoms with Crippen molar-refractivity contribution in [1.29, 1.82) is 0 Å². The monoisotopic (exact) mass is 403 g/mol. The first-order valence-electron chi connectivity index (χ1n) is 11.8. The maximum absolute atomic E-state index is 9.52. The lowest BCUT2D eigenvalue weighted by molar-refractivity contribution is -0.168. The first-order chi connectivity index (χ1) is 13.2. The van der Waals surface area contributed by atoms with Crippen LogP contribution in [0.15, 0.2) is 0 Å². The maximum atomic E-state index is 9.52. The highest BCUT2D eigenvalue weighted by molar-refractivity contribution is 4.73. The fraction of sp³-hybridized carbons (Fsp3) is 1.00. The summed E-state index contributed by atoms with van der Waals surface area (Å²) < 4.78 is 0. The molecular formula is C23H49NO4. The van der Waals surface area contributed by atoms with Crippen molar-refractivity contribution in [3.8, 4) is 0 Å².